The van der Waals surface area contributed by atoms with E-state index in [-0.39, 0.29) is 12.3 Å². The lowest BCUT2D eigenvalue weighted by Gasteiger charge is -2.17. The van der Waals surface area contributed by atoms with Crippen molar-refractivity contribution in [1.29, 1.82) is 0 Å². The number of esters is 1. The Balaban J connectivity index is 3.92. The molecule has 0 aliphatic carbocycles. The van der Waals surface area contributed by atoms with Gasteiger partial charge in [0.25, 0.3) is 0 Å². The minimum Gasteiger partial charge on any atom is -0.469 e. The number of carbonyl (C=O) groups excluding carboxylic acids is 2. The van der Waals surface area contributed by atoms with Crippen LogP contribution in [0, 0.1) is 0 Å². The zero-order valence-corrected chi connectivity index (χ0v) is 7.79. The predicted molar refractivity (Wildman–Crippen MR) is 44.6 cm³/mol. The number of nitrogens with zero attached hydrogens (tertiary/aromatic N) is 1. The van der Waals surface area contributed by atoms with E-state index in [4.69, 9.17) is 0 Å². The SMILES string of the molecule is CCN(CC)C(=O)CC(=O)OC. The van der Waals surface area contributed by atoms with Crippen molar-refractivity contribution < 1.29 is 14.3 Å². The van der Waals surface area contributed by atoms with Gasteiger partial charge in [0.1, 0.15) is 6.42 Å². The van der Waals surface area contributed by atoms with Crippen LogP contribution in [-0.4, -0.2) is 37.0 Å². The Morgan fingerprint density at radius 3 is 2.08 bits per heavy atom. The second-order valence-electron chi connectivity index (χ2n) is 2.32. The number of rotatable bonds is 4. The third-order valence-electron chi connectivity index (χ3n) is 1.64. The molecule has 0 aliphatic rings. The molecule has 0 rings (SSSR count). The van der Waals surface area contributed by atoms with Gasteiger partial charge in [-0.1, -0.05) is 0 Å². The van der Waals surface area contributed by atoms with Gasteiger partial charge < -0.3 is 9.64 Å². The van der Waals surface area contributed by atoms with E-state index in [0.29, 0.717) is 13.1 Å². The van der Waals surface area contributed by atoms with E-state index in [1.165, 1.54) is 7.11 Å². The smallest absolute Gasteiger partial charge is 0.315 e. The van der Waals surface area contributed by atoms with Crippen molar-refractivity contribution in [3.05, 3.63) is 0 Å². The summed E-state index contributed by atoms with van der Waals surface area (Å²) in [5.41, 5.74) is 0. The quantitative estimate of drug-likeness (QED) is 0.457. The van der Waals surface area contributed by atoms with Gasteiger partial charge in [0.2, 0.25) is 5.91 Å². The van der Waals surface area contributed by atoms with Gasteiger partial charge in [-0.2, -0.15) is 0 Å². The molecule has 4 heteroatoms. The molecule has 0 radical (unpaired) electrons. The first-order valence-electron chi connectivity index (χ1n) is 4.00. The van der Waals surface area contributed by atoms with Crippen LogP contribution in [0.25, 0.3) is 0 Å². The molecule has 0 saturated carbocycles. The molecule has 0 unspecified atom stereocenters. The number of carbonyl (C=O) groups is 2. The summed E-state index contributed by atoms with van der Waals surface area (Å²) >= 11 is 0. The molecular weight excluding hydrogens is 158 g/mol. The predicted octanol–water partition coefficient (Wildman–Crippen LogP) is 0.418. The highest BCUT2D eigenvalue weighted by molar-refractivity contribution is 5.94. The highest BCUT2D eigenvalue weighted by Crippen LogP contribution is 1.94. The summed E-state index contributed by atoms with van der Waals surface area (Å²) in [4.78, 5) is 23.5. The number of methoxy groups -OCH3 is 1. The zero-order valence-electron chi connectivity index (χ0n) is 7.79. The van der Waals surface area contributed by atoms with Gasteiger partial charge in [-0.25, -0.2) is 0 Å². The monoisotopic (exact) mass is 173 g/mol. The normalized spacial score (nSPS) is 9.25. The van der Waals surface area contributed by atoms with Crippen molar-refractivity contribution in [3.8, 4) is 0 Å². The van der Waals surface area contributed by atoms with Crippen molar-refractivity contribution in [2.24, 2.45) is 0 Å². The summed E-state index contributed by atoms with van der Waals surface area (Å²) in [5, 5.41) is 0. The van der Waals surface area contributed by atoms with Gasteiger partial charge in [0, 0.05) is 13.1 Å². The van der Waals surface area contributed by atoms with Crippen molar-refractivity contribution in [1.82, 2.24) is 4.90 Å². The van der Waals surface area contributed by atoms with Crippen LogP contribution >= 0.6 is 0 Å². The Morgan fingerprint density at radius 2 is 1.75 bits per heavy atom. The third-order valence-corrected chi connectivity index (χ3v) is 1.64. The Bertz CT molecular complexity index is 164. The molecule has 0 spiro atoms. The first kappa shape index (κ1) is 10.9. The Morgan fingerprint density at radius 1 is 1.25 bits per heavy atom. The molecule has 0 N–H and O–H groups in total. The third kappa shape index (κ3) is 3.37. The lowest BCUT2D eigenvalue weighted by molar-refractivity contribution is -0.146. The van der Waals surface area contributed by atoms with Crippen LogP contribution in [0.4, 0.5) is 0 Å². The van der Waals surface area contributed by atoms with Crippen LogP contribution in [0.5, 0.6) is 0 Å². The van der Waals surface area contributed by atoms with Crippen LogP contribution in [0.15, 0.2) is 0 Å². The van der Waals surface area contributed by atoms with E-state index in [0.717, 1.165) is 0 Å². The summed E-state index contributed by atoms with van der Waals surface area (Å²) in [7, 11) is 1.28. The molecule has 0 aliphatic heterocycles. The highest BCUT2D eigenvalue weighted by Gasteiger charge is 2.13. The largest absolute Gasteiger partial charge is 0.469 e. The zero-order chi connectivity index (χ0) is 9.56. The van der Waals surface area contributed by atoms with Gasteiger partial charge >= 0.3 is 5.97 Å². The first-order chi connectivity index (χ1) is 5.65. The molecule has 0 saturated heterocycles. The molecule has 0 atom stereocenters. The van der Waals surface area contributed by atoms with E-state index in [2.05, 4.69) is 4.74 Å². The van der Waals surface area contributed by atoms with E-state index in [9.17, 15) is 9.59 Å². The molecule has 0 bridgehead atoms. The molecule has 0 heterocycles. The summed E-state index contributed by atoms with van der Waals surface area (Å²) in [6, 6.07) is 0. The lowest BCUT2D eigenvalue weighted by Crippen LogP contribution is -2.32. The maximum absolute atomic E-state index is 11.2. The number of amides is 1. The van der Waals surface area contributed by atoms with Crippen molar-refractivity contribution in [2.45, 2.75) is 20.3 Å². The maximum atomic E-state index is 11.2. The number of hydrogen-bond acceptors (Lipinski definition) is 3. The molecule has 0 aromatic heterocycles. The molecule has 0 fully saturated rings. The van der Waals surface area contributed by atoms with Gasteiger partial charge in [-0.15, -0.1) is 0 Å². The van der Waals surface area contributed by atoms with E-state index < -0.39 is 5.97 Å². The summed E-state index contributed by atoms with van der Waals surface area (Å²) < 4.78 is 4.37. The second kappa shape index (κ2) is 5.57. The number of ether oxygens (including phenoxy) is 1. The van der Waals surface area contributed by atoms with Crippen LogP contribution in [-0.2, 0) is 14.3 Å². The average molecular weight is 173 g/mol. The Kier molecular flexibility index (Phi) is 5.08. The molecule has 70 valence electrons. The minimum absolute atomic E-state index is 0.155. The topological polar surface area (TPSA) is 46.6 Å². The van der Waals surface area contributed by atoms with Crippen LogP contribution < -0.4 is 0 Å². The first-order valence-corrected chi connectivity index (χ1v) is 4.00. The van der Waals surface area contributed by atoms with Gasteiger partial charge in [0.15, 0.2) is 0 Å². The van der Waals surface area contributed by atoms with E-state index in [1.807, 2.05) is 13.8 Å². The summed E-state index contributed by atoms with van der Waals surface area (Å²) in [6.07, 6.45) is -0.155. The van der Waals surface area contributed by atoms with Gasteiger partial charge in [-0.05, 0) is 13.8 Å². The maximum Gasteiger partial charge on any atom is 0.315 e. The second-order valence-corrected chi connectivity index (χ2v) is 2.32. The Hall–Kier alpha value is -1.06. The molecule has 1 amide bonds. The van der Waals surface area contributed by atoms with E-state index in [1.54, 1.807) is 4.90 Å². The fraction of sp³-hybridized carbons (Fsp3) is 0.750. The Labute approximate surface area is 72.5 Å². The van der Waals surface area contributed by atoms with Crippen molar-refractivity contribution >= 4 is 11.9 Å². The van der Waals surface area contributed by atoms with Crippen molar-refractivity contribution in [2.75, 3.05) is 20.2 Å². The van der Waals surface area contributed by atoms with E-state index >= 15 is 0 Å². The fourth-order valence-electron chi connectivity index (χ4n) is 0.884. The average Bonchev–Trinajstić information content (AvgIpc) is 2.06. The van der Waals surface area contributed by atoms with Crippen molar-refractivity contribution in [3.63, 3.8) is 0 Å². The highest BCUT2D eigenvalue weighted by atomic mass is 16.5. The molecule has 0 aromatic rings. The van der Waals surface area contributed by atoms with Crippen LogP contribution in [0.1, 0.15) is 20.3 Å². The molecular formula is C8H15NO3. The fourth-order valence-corrected chi connectivity index (χ4v) is 0.884. The standard InChI is InChI=1S/C8H15NO3/c1-4-9(5-2)7(10)6-8(11)12-3/h4-6H2,1-3H3. The number of hydrogen-bond donors (Lipinski definition) is 0. The summed E-state index contributed by atoms with van der Waals surface area (Å²) in [5.74, 6) is -0.654. The molecule has 12 heavy (non-hydrogen) atoms. The summed E-state index contributed by atoms with van der Waals surface area (Å²) in [6.45, 7) is 5.01. The van der Waals surface area contributed by atoms with Crippen LogP contribution in [0.3, 0.4) is 0 Å². The molecule has 0 aromatic carbocycles. The molecule has 4 nitrogen and oxygen atoms in total. The minimum atomic E-state index is -0.480. The van der Waals surface area contributed by atoms with Crippen LogP contribution in [0.2, 0.25) is 0 Å². The van der Waals surface area contributed by atoms with Gasteiger partial charge in [0.05, 0.1) is 7.11 Å². The van der Waals surface area contributed by atoms with Gasteiger partial charge in [-0.3, -0.25) is 9.59 Å². The lowest BCUT2D eigenvalue weighted by atomic mass is 10.3.